The molecule has 0 aliphatic rings. The van der Waals surface area contributed by atoms with Gasteiger partial charge >= 0.3 is 0 Å². The van der Waals surface area contributed by atoms with Crippen LogP contribution in [-0.4, -0.2) is 12.1 Å². The number of hydrogen-bond acceptors (Lipinski definition) is 5. The third-order valence-corrected chi connectivity index (χ3v) is 2.64. The predicted molar refractivity (Wildman–Crippen MR) is 70.6 cm³/mol. The number of nitrogen functional groups attached to an aromatic ring is 1. The van der Waals surface area contributed by atoms with E-state index in [1.807, 2.05) is 19.1 Å². The van der Waals surface area contributed by atoms with E-state index >= 15 is 0 Å². The molecule has 18 heavy (non-hydrogen) atoms. The zero-order chi connectivity index (χ0) is 13.0. The second-order valence-corrected chi connectivity index (χ2v) is 3.88. The number of rotatable bonds is 5. The smallest absolute Gasteiger partial charge is 0.213 e. The van der Waals surface area contributed by atoms with Crippen molar-refractivity contribution < 1.29 is 9.15 Å². The van der Waals surface area contributed by atoms with Gasteiger partial charge in [-0.3, -0.25) is 0 Å². The predicted octanol–water partition coefficient (Wildman–Crippen LogP) is 2.44. The third-order valence-electron chi connectivity index (χ3n) is 2.64. The van der Waals surface area contributed by atoms with Gasteiger partial charge in [0.15, 0.2) is 0 Å². The number of methoxy groups -OCH3 is 1. The van der Waals surface area contributed by atoms with E-state index in [2.05, 4.69) is 10.3 Å². The minimum atomic E-state index is 0.497. The first-order valence-electron chi connectivity index (χ1n) is 5.84. The SMILES string of the molecule is CCc1cnc(CNc2cc(OC)ccc2N)o1. The molecule has 5 heteroatoms. The van der Waals surface area contributed by atoms with Crippen LogP contribution in [0.2, 0.25) is 0 Å². The van der Waals surface area contributed by atoms with Crippen LogP contribution in [0.25, 0.3) is 0 Å². The van der Waals surface area contributed by atoms with Crippen LogP contribution >= 0.6 is 0 Å². The fourth-order valence-electron chi connectivity index (χ4n) is 1.58. The van der Waals surface area contributed by atoms with Crippen LogP contribution in [0.5, 0.6) is 5.75 Å². The highest BCUT2D eigenvalue weighted by Gasteiger charge is 2.05. The van der Waals surface area contributed by atoms with Crippen molar-refractivity contribution in [1.82, 2.24) is 4.98 Å². The molecule has 0 radical (unpaired) electrons. The summed E-state index contributed by atoms with van der Waals surface area (Å²) in [5.74, 6) is 2.29. The minimum Gasteiger partial charge on any atom is -0.497 e. The average Bonchev–Trinajstić information content (AvgIpc) is 2.86. The number of anilines is 2. The normalized spacial score (nSPS) is 10.3. The zero-order valence-electron chi connectivity index (χ0n) is 10.6. The van der Waals surface area contributed by atoms with Crippen LogP contribution in [0.4, 0.5) is 11.4 Å². The van der Waals surface area contributed by atoms with Crippen LogP contribution in [0, 0.1) is 0 Å². The van der Waals surface area contributed by atoms with Gasteiger partial charge in [-0.25, -0.2) is 4.98 Å². The molecule has 3 N–H and O–H groups in total. The molecule has 0 bridgehead atoms. The maximum Gasteiger partial charge on any atom is 0.213 e. The number of benzene rings is 1. The lowest BCUT2D eigenvalue weighted by Crippen LogP contribution is -2.03. The number of oxazole rings is 1. The Bertz CT molecular complexity index is 523. The first kappa shape index (κ1) is 12.3. The third kappa shape index (κ3) is 2.74. The Kier molecular flexibility index (Phi) is 3.72. The summed E-state index contributed by atoms with van der Waals surface area (Å²) >= 11 is 0. The summed E-state index contributed by atoms with van der Waals surface area (Å²) in [6.07, 6.45) is 2.58. The van der Waals surface area contributed by atoms with Gasteiger partial charge in [-0.15, -0.1) is 0 Å². The largest absolute Gasteiger partial charge is 0.497 e. The zero-order valence-corrected chi connectivity index (χ0v) is 10.6. The van der Waals surface area contributed by atoms with E-state index in [0.717, 1.165) is 23.6 Å². The van der Waals surface area contributed by atoms with Crippen LogP contribution in [0.15, 0.2) is 28.8 Å². The molecule has 2 aromatic rings. The standard InChI is InChI=1S/C13H17N3O2/c1-3-9-7-16-13(18-9)8-15-12-6-10(17-2)4-5-11(12)14/h4-7,15H,3,8,14H2,1-2H3. The molecule has 0 spiro atoms. The molecule has 0 fully saturated rings. The van der Waals surface area contributed by atoms with Gasteiger partial charge in [0.25, 0.3) is 0 Å². The first-order chi connectivity index (χ1) is 8.72. The lowest BCUT2D eigenvalue weighted by Gasteiger charge is -2.09. The van der Waals surface area contributed by atoms with Gasteiger partial charge in [0, 0.05) is 12.5 Å². The van der Waals surface area contributed by atoms with Crippen LogP contribution in [0.1, 0.15) is 18.6 Å². The molecule has 0 unspecified atom stereocenters. The van der Waals surface area contributed by atoms with E-state index in [1.165, 1.54) is 0 Å². The monoisotopic (exact) mass is 247 g/mol. The van der Waals surface area contributed by atoms with E-state index in [4.69, 9.17) is 14.9 Å². The van der Waals surface area contributed by atoms with E-state index in [-0.39, 0.29) is 0 Å². The number of hydrogen-bond donors (Lipinski definition) is 2. The van der Waals surface area contributed by atoms with Crippen molar-refractivity contribution in [3.05, 3.63) is 36.0 Å². The van der Waals surface area contributed by atoms with Crippen molar-refractivity contribution in [1.29, 1.82) is 0 Å². The molecule has 0 aliphatic heterocycles. The van der Waals surface area contributed by atoms with E-state index in [1.54, 1.807) is 19.4 Å². The van der Waals surface area contributed by atoms with Crippen molar-refractivity contribution in [2.24, 2.45) is 0 Å². The van der Waals surface area contributed by atoms with Crippen molar-refractivity contribution in [3.63, 3.8) is 0 Å². The fraction of sp³-hybridized carbons (Fsp3) is 0.308. The van der Waals surface area contributed by atoms with Crippen molar-refractivity contribution in [2.75, 3.05) is 18.2 Å². The fourth-order valence-corrected chi connectivity index (χ4v) is 1.58. The van der Waals surface area contributed by atoms with Gasteiger partial charge in [-0.1, -0.05) is 6.92 Å². The molecule has 1 heterocycles. The second-order valence-electron chi connectivity index (χ2n) is 3.88. The molecule has 96 valence electrons. The Labute approximate surface area is 106 Å². The Morgan fingerprint density at radius 3 is 2.94 bits per heavy atom. The highest BCUT2D eigenvalue weighted by atomic mass is 16.5. The average molecular weight is 247 g/mol. The maximum atomic E-state index is 5.87. The van der Waals surface area contributed by atoms with Gasteiger partial charge in [0.1, 0.15) is 11.5 Å². The van der Waals surface area contributed by atoms with E-state index in [0.29, 0.717) is 18.1 Å². The van der Waals surface area contributed by atoms with Gasteiger partial charge in [0.05, 0.1) is 31.2 Å². The number of aryl methyl sites for hydroxylation is 1. The molecule has 1 aromatic heterocycles. The van der Waals surface area contributed by atoms with Gasteiger partial charge in [-0.05, 0) is 12.1 Å². The molecule has 0 saturated heterocycles. The van der Waals surface area contributed by atoms with Gasteiger partial charge < -0.3 is 20.2 Å². The van der Waals surface area contributed by atoms with Crippen molar-refractivity contribution in [2.45, 2.75) is 19.9 Å². The molecular formula is C13H17N3O2. The lowest BCUT2D eigenvalue weighted by molar-refractivity contribution is 0.415. The van der Waals surface area contributed by atoms with Crippen LogP contribution < -0.4 is 15.8 Å². The number of ether oxygens (including phenoxy) is 1. The first-order valence-corrected chi connectivity index (χ1v) is 5.84. The quantitative estimate of drug-likeness (QED) is 0.794. The molecular weight excluding hydrogens is 230 g/mol. The molecule has 1 aromatic carbocycles. The van der Waals surface area contributed by atoms with Crippen LogP contribution in [0.3, 0.4) is 0 Å². The number of nitrogens with zero attached hydrogens (tertiary/aromatic N) is 1. The van der Waals surface area contributed by atoms with Crippen LogP contribution in [-0.2, 0) is 13.0 Å². The Morgan fingerprint density at radius 1 is 1.44 bits per heavy atom. The van der Waals surface area contributed by atoms with Gasteiger partial charge in [0.2, 0.25) is 5.89 Å². The molecule has 0 aliphatic carbocycles. The maximum absolute atomic E-state index is 5.87. The van der Waals surface area contributed by atoms with Crippen molar-refractivity contribution >= 4 is 11.4 Å². The molecule has 0 atom stereocenters. The number of aromatic nitrogens is 1. The summed E-state index contributed by atoms with van der Waals surface area (Å²) in [7, 11) is 1.62. The summed E-state index contributed by atoms with van der Waals surface area (Å²) in [6, 6.07) is 5.47. The summed E-state index contributed by atoms with van der Waals surface area (Å²) in [6.45, 7) is 2.52. The summed E-state index contributed by atoms with van der Waals surface area (Å²) in [5, 5.41) is 3.18. The topological polar surface area (TPSA) is 73.3 Å². The Morgan fingerprint density at radius 2 is 2.28 bits per heavy atom. The highest BCUT2D eigenvalue weighted by molar-refractivity contribution is 5.68. The summed E-state index contributed by atoms with van der Waals surface area (Å²) in [4.78, 5) is 4.17. The summed E-state index contributed by atoms with van der Waals surface area (Å²) < 4.78 is 10.7. The van der Waals surface area contributed by atoms with E-state index in [9.17, 15) is 0 Å². The number of nitrogens with two attached hydrogens (primary N) is 1. The van der Waals surface area contributed by atoms with Gasteiger partial charge in [-0.2, -0.15) is 0 Å². The Balaban J connectivity index is 2.05. The Hall–Kier alpha value is -2.17. The second kappa shape index (κ2) is 5.44. The van der Waals surface area contributed by atoms with E-state index < -0.39 is 0 Å². The molecule has 0 saturated carbocycles. The molecule has 2 rings (SSSR count). The highest BCUT2D eigenvalue weighted by Crippen LogP contribution is 2.24. The van der Waals surface area contributed by atoms with Crippen molar-refractivity contribution in [3.8, 4) is 5.75 Å². The molecule has 0 amide bonds. The molecule has 5 nitrogen and oxygen atoms in total. The summed E-state index contributed by atoms with van der Waals surface area (Å²) in [5.41, 5.74) is 7.35. The number of nitrogens with one attached hydrogen (secondary N) is 1. The lowest BCUT2D eigenvalue weighted by atomic mass is 10.2. The minimum absolute atomic E-state index is 0.497.